The molecular weight excluding hydrogens is 408 g/mol. The smallest absolute Gasteiger partial charge is 0.259 e. The normalized spacial score (nSPS) is 14.5. The molecule has 150 valence electrons. The summed E-state index contributed by atoms with van der Waals surface area (Å²) in [5.41, 5.74) is 1.50. The van der Waals surface area contributed by atoms with E-state index in [1.165, 1.54) is 36.8 Å². The highest BCUT2D eigenvalue weighted by Gasteiger charge is 2.16. The second-order valence-corrected chi connectivity index (χ2v) is 8.52. The zero-order valence-corrected chi connectivity index (χ0v) is 17.4. The number of hydrogen-bond donors (Lipinski definition) is 1. The fraction of sp³-hybridized carbons (Fsp3) is 0.333. The van der Waals surface area contributed by atoms with Crippen molar-refractivity contribution in [3.05, 3.63) is 63.8 Å². The number of benzene rings is 1. The van der Waals surface area contributed by atoms with Crippen LogP contribution in [0.4, 0.5) is 5.13 Å². The first-order valence-corrected chi connectivity index (χ1v) is 10.9. The summed E-state index contributed by atoms with van der Waals surface area (Å²) in [6.45, 7) is 0. The number of amides is 1. The van der Waals surface area contributed by atoms with Crippen LogP contribution in [0.5, 0.6) is 5.88 Å². The first kappa shape index (κ1) is 19.8. The molecule has 0 atom stereocenters. The average molecular weight is 429 g/mol. The zero-order valence-electron chi connectivity index (χ0n) is 15.8. The van der Waals surface area contributed by atoms with Crippen LogP contribution < -0.4 is 10.1 Å². The largest absolute Gasteiger partial charge is 0.474 e. The number of aromatic nitrogens is 3. The van der Waals surface area contributed by atoms with E-state index >= 15 is 0 Å². The number of anilines is 1. The molecule has 1 fully saturated rings. The topological polar surface area (TPSA) is 77.0 Å². The molecule has 0 spiro atoms. The Kier molecular flexibility index (Phi) is 6.36. The Bertz CT molecular complexity index is 971. The second-order valence-electron chi connectivity index (χ2n) is 7.02. The molecule has 1 saturated carbocycles. The van der Waals surface area contributed by atoms with Gasteiger partial charge >= 0.3 is 0 Å². The van der Waals surface area contributed by atoms with Crippen LogP contribution in [0.3, 0.4) is 0 Å². The van der Waals surface area contributed by atoms with Gasteiger partial charge in [-0.3, -0.25) is 10.1 Å². The van der Waals surface area contributed by atoms with E-state index < -0.39 is 0 Å². The lowest BCUT2D eigenvalue weighted by atomic mass is 9.98. The third kappa shape index (κ3) is 5.52. The molecule has 0 unspecified atom stereocenters. The molecule has 0 radical (unpaired) electrons. The molecular formula is C21H21ClN4O2S. The standard InChI is InChI=1S/C21H21ClN4O2S/c22-16-6-4-5-14(11-16)12-19-25-26-21(29-19)24-20(27)15-9-10-18(23-13-15)28-17-7-2-1-3-8-17/h4-6,9-11,13,17H,1-3,7-8,12H2,(H,24,26,27). The van der Waals surface area contributed by atoms with Crippen molar-refractivity contribution in [3.63, 3.8) is 0 Å². The summed E-state index contributed by atoms with van der Waals surface area (Å²) in [5, 5.41) is 12.9. The number of carbonyl (C=O) groups is 1. The molecule has 29 heavy (non-hydrogen) atoms. The number of hydrogen-bond acceptors (Lipinski definition) is 6. The van der Waals surface area contributed by atoms with E-state index in [1.807, 2.05) is 24.3 Å². The van der Waals surface area contributed by atoms with Crippen molar-refractivity contribution in [2.75, 3.05) is 5.32 Å². The molecule has 2 heterocycles. The number of halogens is 1. The lowest BCUT2D eigenvalue weighted by Gasteiger charge is -2.22. The van der Waals surface area contributed by atoms with Crippen LogP contribution in [0.1, 0.15) is 53.0 Å². The maximum absolute atomic E-state index is 12.5. The Morgan fingerprint density at radius 3 is 2.79 bits per heavy atom. The molecule has 1 amide bonds. The highest BCUT2D eigenvalue weighted by atomic mass is 35.5. The maximum Gasteiger partial charge on any atom is 0.259 e. The molecule has 2 aromatic heterocycles. The van der Waals surface area contributed by atoms with Crippen LogP contribution >= 0.6 is 22.9 Å². The first-order valence-electron chi connectivity index (χ1n) is 9.66. The Labute approximate surface area is 178 Å². The lowest BCUT2D eigenvalue weighted by Crippen LogP contribution is -2.20. The van der Waals surface area contributed by atoms with Crippen LogP contribution in [0.25, 0.3) is 0 Å². The summed E-state index contributed by atoms with van der Waals surface area (Å²) in [6.07, 6.45) is 8.19. The van der Waals surface area contributed by atoms with E-state index in [4.69, 9.17) is 16.3 Å². The van der Waals surface area contributed by atoms with Crippen LogP contribution in [0, 0.1) is 0 Å². The minimum absolute atomic E-state index is 0.232. The lowest BCUT2D eigenvalue weighted by molar-refractivity contribution is 0.102. The Balaban J connectivity index is 1.33. The van der Waals surface area contributed by atoms with Crippen molar-refractivity contribution < 1.29 is 9.53 Å². The molecule has 4 rings (SSSR count). The number of pyridine rings is 1. The van der Waals surface area contributed by atoms with E-state index in [2.05, 4.69) is 20.5 Å². The zero-order chi connectivity index (χ0) is 20.1. The number of carbonyl (C=O) groups excluding carboxylic acids is 1. The summed E-state index contributed by atoms with van der Waals surface area (Å²) >= 11 is 7.35. The minimum Gasteiger partial charge on any atom is -0.474 e. The molecule has 1 N–H and O–H groups in total. The molecule has 0 saturated heterocycles. The fourth-order valence-electron chi connectivity index (χ4n) is 3.30. The van der Waals surface area contributed by atoms with E-state index in [9.17, 15) is 4.79 Å². The molecule has 6 nitrogen and oxygen atoms in total. The van der Waals surface area contributed by atoms with Crippen molar-refractivity contribution >= 4 is 34.0 Å². The summed E-state index contributed by atoms with van der Waals surface area (Å²) in [6, 6.07) is 11.1. The van der Waals surface area contributed by atoms with Gasteiger partial charge in [-0.15, -0.1) is 10.2 Å². The van der Waals surface area contributed by atoms with Crippen molar-refractivity contribution in [1.82, 2.24) is 15.2 Å². The van der Waals surface area contributed by atoms with E-state index in [0.717, 1.165) is 23.4 Å². The highest BCUT2D eigenvalue weighted by Crippen LogP contribution is 2.23. The van der Waals surface area contributed by atoms with Gasteiger partial charge in [0.1, 0.15) is 11.1 Å². The molecule has 1 aliphatic carbocycles. The minimum atomic E-state index is -0.271. The van der Waals surface area contributed by atoms with Gasteiger partial charge in [-0.1, -0.05) is 41.5 Å². The average Bonchev–Trinajstić information content (AvgIpc) is 3.16. The maximum atomic E-state index is 12.5. The van der Waals surface area contributed by atoms with E-state index in [0.29, 0.717) is 28.0 Å². The monoisotopic (exact) mass is 428 g/mol. The van der Waals surface area contributed by atoms with Crippen molar-refractivity contribution in [2.45, 2.75) is 44.6 Å². The van der Waals surface area contributed by atoms with Crippen molar-refractivity contribution in [3.8, 4) is 5.88 Å². The molecule has 0 bridgehead atoms. The number of nitrogens with one attached hydrogen (secondary N) is 1. The Morgan fingerprint density at radius 1 is 1.17 bits per heavy atom. The van der Waals surface area contributed by atoms with Gasteiger partial charge in [0.2, 0.25) is 11.0 Å². The van der Waals surface area contributed by atoms with Crippen molar-refractivity contribution in [1.29, 1.82) is 0 Å². The number of nitrogens with zero attached hydrogens (tertiary/aromatic N) is 3. The SMILES string of the molecule is O=C(Nc1nnc(Cc2cccc(Cl)c2)s1)c1ccc(OC2CCCCC2)nc1. The highest BCUT2D eigenvalue weighted by molar-refractivity contribution is 7.15. The third-order valence-electron chi connectivity index (χ3n) is 4.77. The third-order valence-corrected chi connectivity index (χ3v) is 5.84. The summed E-state index contributed by atoms with van der Waals surface area (Å²) in [5.74, 6) is 0.292. The van der Waals surface area contributed by atoms with E-state index in [1.54, 1.807) is 12.1 Å². The van der Waals surface area contributed by atoms with Gasteiger partial charge in [0.25, 0.3) is 5.91 Å². The van der Waals surface area contributed by atoms with Gasteiger partial charge in [-0.05, 0) is 49.4 Å². The summed E-state index contributed by atoms with van der Waals surface area (Å²) < 4.78 is 5.90. The van der Waals surface area contributed by atoms with Gasteiger partial charge < -0.3 is 4.74 Å². The quantitative estimate of drug-likeness (QED) is 0.588. The molecule has 1 aromatic carbocycles. The van der Waals surface area contributed by atoms with Gasteiger partial charge in [0.05, 0.1) is 5.56 Å². The van der Waals surface area contributed by atoms with Gasteiger partial charge in [0, 0.05) is 23.7 Å². The van der Waals surface area contributed by atoms with E-state index in [-0.39, 0.29) is 12.0 Å². The van der Waals surface area contributed by atoms with Gasteiger partial charge in [0.15, 0.2) is 0 Å². The molecule has 0 aliphatic heterocycles. The van der Waals surface area contributed by atoms with Crippen LogP contribution in [-0.2, 0) is 6.42 Å². The summed E-state index contributed by atoms with van der Waals surface area (Å²) in [4.78, 5) is 16.7. The first-order chi connectivity index (χ1) is 14.2. The Hall–Kier alpha value is -2.51. The molecule has 8 heteroatoms. The van der Waals surface area contributed by atoms with Crippen LogP contribution in [0.2, 0.25) is 5.02 Å². The van der Waals surface area contributed by atoms with Crippen molar-refractivity contribution in [2.24, 2.45) is 0 Å². The van der Waals surface area contributed by atoms with Crippen LogP contribution in [0.15, 0.2) is 42.6 Å². The predicted octanol–water partition coefficient (Wildman–Crippen LogP) is 5.14. The molecule has 3 aromatic rings. The predicted molar refractivity (Wildman–Crippen MR) is 114 cm³/mol. The number of rotatable bonds is 6. The summed E-state index contributed by atoms with van der Waals surface area (Å²) in [7, 11) is 0. The number of ether oxygens (including phenoxy) is 1. The second kappa shape index (κ2) is 9.33. The van der Waals surface area contributed by atoms with Crippen LogP contribution in [-0.4, -0.2) is 27.2 Å². The molecule has 1 aliphatic rings. The Morgan fingerprint density at radius 2 is 2.03 bits per heavy atom. The fourth-order valence-corrected chi connectivity index (χ4v) is 4.29. The van der Waals surface area contributed by atoms with Gasteiger partial charge in [-0.25, -0.2) is 4.98 Å². The van der Waals surface area contributed by atoms with Gasteiger partial charge in [-0.2, -0.15) is 0 Å².